The van der Waals surface area contributed by atoms with Gasteiger partial charge >= 0.3 is 69.9 Å². The van der Waals surface area contributed by atoms with E-state index in [2.05, 4.69) is 0 Å². The Kier molecular flexibility index (Phi) is 2.65. The van der Waals surface area contributed by atoms with Crippen molar-refractivity contribution in [1.29, 1.82) is 0 Å². The molecule has 0 bridgehead atoms. The predicted octanol–water partition coefficient (Wildman–Crippen LogP) is -0.0458. The molecule has 2 nitrogen and oxygen atoms in total. The third-order valence-electron chi connectivity index (χ3n) is 1.23. The van der Waals surface area contributed by atoms with Crippen LogP contribution in [0, 0.1) is 17.5 Å². The van der Waals surface area contributed by atoms with E-state index in [0.717, 1.165) is 0 Å². The van der Waals surface area contributed by atoms with Gasteiger partial charge in [-0.15, -0.1) is 0 Å². The fraction of sp³-hybridized carbons (Fsp3) is 0. The Morgan fingerprint density at radius 1 is 1.17 bits per heavy atom. The summed E-state index contributed by atoms with van der Waals surface area (Å²) in [6.07, 6.45) is 0. The van der Waals surface area contributed by atoms with Gasteiger partial charge in [0.2, 0.25) is 0 Å². The number of benzene rings is 1. The molecule has 1 unspecified atom stereocenters. The summed E-state index contributed by atoms with van der Waals surface area (Å²) < 4.78 is 55.5. The summed E-state index contributed by atoms with van der Waals surface area (Å²) in [6.45, 7) is 0. The number of hydrogen-bond acceptors (Lipinski definition) is 1. The van der Waals surface area contributed by atoms with Gasteiger partial charge in [-0.1, -0.05) is 0 Å². The van der Waals surface area contributed by atoms with E-state index in [1.807, 2.05) is 0 Å². The molecule has 0 spiro atoms. The van der Waals surface area contributed by atoms with Gasteiger partial charge < -0.3 is 0 Å². The Morgan fingerprint density at radius 2 is 1.58 bits per heavy atom. The second-order valence-corrected chi connectivity index (χ2v) is 4.55. The molecule has 0 heterocycles. The first-order chi connectivity index (χ1) is 5.52. The van der Waals surface area contributed by atoms with Crippen LogP contribution in [0.1, 0.15) is 0 Å². The van der Waals surface area contributed by atoms with Crippen LogP contribution >= 0.6 is 0 Å². The molecular weight excluding hydrogens is 236 g/mol. The van der Waals surface area contributed by atoms with Crippen LogP contribution in [-0.4, -0.2) is 19.0 Å². The van der Waals surface area contributed by atoms with Crippen molar-refractivity contribution in [2.24, 2.45) is 0 Å². The van der Waals surface area contributed by atoms with Gasteiger partial charge in [0.05, 0.1) is 0 Å². The van der Waals surface area contributed by atoms with Crippen LogP contribution < -0.4 is 4.35 Å². The summed E-state index contributed by atoms with van der Waals surface area (Å²) in [5, 5.41) is 0. The summed E-state index contributed by atoms with van der Waals surface area (Å²) in [4.78, 5) is 0. The molecule has 0 aliphatic carbocycles. The summed E-state index contributed by atoms with van der Waals surface area (Å²) in [7, 11) is 0. The summed E-state index contributed by atoms with van der Waals surface area (Å²) in [5.41, 5.74) is 0. The van der Waals surface area contributed by atoms with E-state index in [-0.39, 0.29) is 4.35 Å². The Hall–Kier alpha value is -0.672. The maximum absolute atomic E-state index is 12.4. The van der Waals surface area contributed by atoms with Crippen LogP contribution in [0.2, 0.25) is 0 Å². The normalized spacial score (nSPS) is 13.0. The fourth-order valence-corrected chi connectivity index (χ4v) is 1.73. The van der Waals surface area contributed by atoms with Crippen molar-refractivity contribution in [1.82, 2.24) is 0 Å². The molecule has 12 heavy (non-hydrogen) atoms. The zero-order chi connectivity index (χ0) is 9.30. The first kappa shape index (κ1) is 9.42. The monoisotopic (exact) mass is 240 g/mol. The van der Waals surface area contributed by atoms with Gasteiger partial charge in [0.1, 0.15) is 0 Å². The van der Waals surface area contributed by atoms with Gasteiger partial charge in [-0.3, -0.25) is 0 Å². The van der Waals surface area contributed by atoms with Crippen LogP contribution in [0.4, 0.5) is 13.2 Å². The van der Waals surface area contributed by atoms with Crippen molar-refractivity contribution in [2.75, 3.05) is 0 Å². The molecule has 0 fully saturated rings. The van der Waals surface area contributed by atoms with Crippen molar-refractivity contribution >= 4 is 19.3 Å². The Labute approximate surface area is 70.5 Å². The summed E-state index contributed by atoms with van der Waals surface area (Å²) in [5.74, 6) is -4.52. The Balaban J connectivity index is 3.31. The molecule has 0 aliphatic rings. The second-order valence-electron chi connectivity index (χ2n) is 2.06. The zero-order valence-electron chi connectivity index (χ0n) is 5.64. The molecule has 0 saturated carbocycles. The molecule has 1 atom stereocenters. The summed E-state index contributed by atoms with van der Waals surface area (Å²) >= 11 is -3.75. The average molecular weight is 240 g/mol. The van der Waals surface area contributed by atoms with Gasteiger partial charge in [0.25, 0.3) is 0 Å². The first-order valence-electron chi connectivity index (χ1n) is 2.90. The molecule has 1 rings (SSSR count). The molecule has 1 aromatic rings. The van der Waals surface area contributed by atoms with Crippen molar-refractivity contribution in [3.05, 3.63) is 29.6 Å². The third-order valence-corrected chi connectivity index (χ3v) is 2.87. The minimum atomic E-state index is -3.75. The SMILES string of the molecule is O=[AsH](O)c1cc(F)c(F)c(F)c1. The molecule has 0 amide bonds. The van der Waals surface area contributed by atoms with E-state index in [1.54, 1.807) is 0 Å². The van der Waals surface area contributed by atoms with E-state index in [9.17, 15) is 16.9 Å². The van der Waals surface area contributed by atoms with E-state index in [4.69, 9.17) is 4.10 Å². The van der Waals surface area contributed by atoms with Crippen LogP contribution in [0.5, 0.6) is 0 Å². The van der Waals surface area contributed by atoms with Gasteiger partial charge in [-0.05, 0) is 0 Å². The summed E-state index contributed by atoms with van der Waals surface area (Å²) in [6, 6.07) is 1.06. The number of hydrogen-bond donors (Lipinski definition) is 1. The van der Waals surface area contributed by atoms with Crippen LogP contribution in [-0.2, 0) is 3.74 Å². The molecule has 1 N–H and O–H groups in total. The predicted molar refractivity (Wildman–Crippen MR) is 36.0 cm³/mol. The fourth-order valence-electron chi connectivity index (χ4n) is 0.679. The van der Waals surface area contributed by atoms with Crippen LogP contribution in [0.3, 0.4) is 0 Å². The molecule has 0 saturated heterocycles. The molecule has 1 aromatic carbocycles. The maximum atomic E-state index is 12.4. The van der Waals surface area contributed by atoms with Crippen molar-refractivity contribution in [3.8, 4) is 0 Å². The van der Waals surface area contributed by atoms with E-state index < -0.39 is 32.4 Å². The minimum absolute atomic E-state index is 0.369. The number of halogens is 3. The van der Waals surface area contributed by atoms with Crippen molar-refractivity contribution in [2.45, 2.75) is 0 Å². The van der Waals surface area contributed by atoms with Crippen molar-refractivity contribution < 1.29 is 21.0 Å². The first-order valence-corrected chi connectivity index (χ1v) is 5.74. The molecule has 0 aliphatic heterocycles. The average Bonchev–Trinajstić information content (AvgIpc) is 1.99. The Bertz CT molecular complexity index is 317. The van der Waals surface area contributed by atoms with Gasteiger partial charge in [0.15, 0.2) is 0 Å². The molecular formula is C6H4AsF3O2. The zero-order valence-corrected chi connectivity index (χ0v) is 7.74. The molecule has 0 radical (unpaired) electrons. The van der Waals surface area contributed by atoms with Crippen molar-refractivity contribution in [3.63, 3.8) is 0 Å². The van der Waals surface area contributed by atoms with Crippen LogP contribution in [0.15, 0.2) is 12.1 Å². The third kappa shape index (κ3) is 1.73. The molecule has 0 aromatic heterocycles. The molecule has 6 heteroatoms. The quantitative estimate of drug-likeness (QED) is 0.552. The van der Waals surface area contributed by atoms with Gasteiger partial charge in [-0.25, -0.2) is 0 Å². The number of rotatable bonds is 1. The Morgan fingerprint density at radius 3 is 1.92 bits per heavy atom. The van der Waals surface area contributed by atoms with Crippen LogP contribution in [0.25, 0.3) is 0 Å². The molecule has 66 valence electrons. The topological polar surface area (TPSA) is 37.3 Å². The standard InChI is InChI=1S/C6H4AsF3O2/c8-4-1-3(7(11)12)2-5(9)6(4)10/h1-2,7H,(H,11,12). The van der Waals surface area contributed by atoms with E-state index in [0.29, 0.717) is 12.1 Å². The van der Waals surface area contributed by atoms with Gasteiger partial charge in [0, 0.05) is 0 Å². The second kappa shape index (κ2) is 3.37. The van der Waals surface area contributed by atoms with E-state index in [1.165, 1.54) is 0 Å². The van der Waals surface area contributed by atoms with Gasteiger partial charge in [-0.2, -0.15) is 0 Å². The van der Waals surface area contributed by atoms with E-state index >= 15 is 0 Å².